The molecule has 0 saturated heterocycles. The molecule has 1 saturated carbocycles. The zero-order valence-corrected chi connectivity index (χ0v) is 16.1. The number of fused-ring (bicyclic) bond motifs is 1. The summed E-state index contributed by atoms with van der Waals surface area (Å²) in [5.41, 5.74) is 1.91. The van der Waals surface area contributed by atoms with Crippen LogP contribution in [-0.2, 0) is 11.3 Å². The third-order valence-corrected chi connectivity index (χ3v) is 4.99. The lowest BCUT2D eigenvalue weighted by Gasteiger charge is -2.22. The van der Waals surface area contributed by atoms with Crippen molar-refractivity contribution >= 4 is 11.6 Å². The van der Waals surface area contributed by atoms with Gasteiger partial charge >= 0.3 is 0 Å². The summed E-state index contributed by atoms with van der Waals surface area (Å²) in [5.74, 6) is 2.24. The molecule has 1 heterocycles. The molecule has 0 radical (unpaired) electrons. The van der Waals surface area contributed by atoms with Gasteiger partial charge in [0.1, 0.15) is 5.75 Å². The maximum Gasteiger partial charge on any atom is 0.238 e. The molecule has 1 aliphatic heterocycles. The quantitative estimate of drug-likeness (QED) is 0.795. The fraction of sp³-hybridized carbons (Fsp3) is 0.409. The van der Waals surface area contributed by atoms with E-state index in [0.717, 1.165) is 43.0 Å². The number of carbonyl (C=O) groups excluding carboxylic acids is 1. The predicted molar refractivity (Wildman–Crippen MR) is 107 cm³/mol. The minimum Gasteiger partial charge on any atom is -0.497 e. The Hall–Kier alpha value is -2.73. The van der Waals surface area contributed by atoms with Gasteiger partial charge in [-0.3, -0.25) is 9.69 Å². The zero-order chi connectivity index (χ0) is 19.3. The SMILES string of the molecule is COc1ccc(CN(CC(=O)Nc2ccc3c(c2)OCCCO3)C2CC2)cc1. The Morgan fingerprint density at radius 3 is 2.57 bits per heavy atom. The van der Waals surface area contributed by atoms with Gasteiger partial charge in [0.15, 0.2) is 11.5 Å². The van der Waals surface area contributed by atoms with Crippen LogP contribution in [0.2, 0.25) is 0 Å². The van der Waals surface area contributed by atoms with E-state index in [4.69, 9.17) is 14.2 Å². The van der Waals surface area contributed by atoms with E-state index in [-0.39, 0.29) is 5.91 Å². The van der Waals surface area contributed by atoms with Crippen LogP contribution in [0.1, 0.15) is 24.8 Å². The highest BCUT2D eigenvalue weighted by atomic mass is 16.5. The van der Waals surface area contributed by atoms with Crippen LogP contribution in [0.3, 0.4) is 0 Å². The summed E-state index contributed by atoms with van der Waals surface area (Å²) in [7, 11) is 1.66. The van der Waals surface area contributed by atoms with Crippen molar-refractivity contribution in [2.75, 3.05) is 32.2 Å². The molecule has 2 aromatic rings. The van der Waals surface area contributed by atoms with Crippen molar-refractivity contribution in [1.82, 2.24) is 4.90 Å². The molecule has 6 nitrogen and oxygen atoms in total. The van der Waals surface area contributed by atoms with Gasteiger partial charge in [0.25, 0.3) is 0 Å². The number of ether oxygens (including phenoxy) is 3. The number of hydrogen-bond acceptors (Lipinski definition) is 5. The first-order valence-electron chi connectivity index (χ1n) is 9.78. The Bertz CT molecular complexity index is 818. The van der Waals surface area contributed by atoms with Gasteiger partial charge in [0.2, 0.25) is 5.91 Å². The molecular weight excluding hydrogens is 356 g/mol. The molecule has 2 aliphatic rings. The minimum absolute atomic E-state index is 0.0186. The number of hydrogen-bond donors (Lipinski definition) is 1. The average Bonchev–Trinajstić information content (AvgIpc) is 3.55. The lowest BCUT2D eigenvalue weighted by molar-refractivity contribution is -0.117. The molecule has 1 aliphatic carbocycles. The van der Waals surface area contributed by atoms with E-state index in [2.05, 4.69) is 22.3 Å². The topological polar surface area (TPSA) is 60.0 Å². The summed E-state index contributed by atoms with van der Waals surface area (Å²) in [4.78, 5) is 14.9. The summed E-state index contributed by atoms with van der Waals surface area (Å²) >= 11 is 0. The van der Waals surface area contributed by atoms with Gasteiger partial charge in [-0.15, -0.1) is 0 Å². The van der Waals surface area contributed by atoms with Crippen LogP contribution >= 0.6 is 0 Å². The van der Waals surface area contributed by atoms with Gasteiger partial charge in [-0.1, -0.05) is 12.1 Å². The van der Waals surface area contributed by atoms with Crippen molar-refractivity contribution < 1.29 is 19.0 Å². The maximum absolute atomic E-state index is 12.6. The van der Waals surface area contributed by atoms with Crippen LogP contribution in [0.4, 0.5) is 5.69 Å². The van der Waals surface area contributed by atoms with Crippen LogP contribution in [0.25, 0.3) is 0 Å². The number of benzene rings is 2. The van der Waals surface area contributed by atoms with Crippen molar-refractivity contribution in [3.63, 3.8) is 0 Å². The van der Waals surface area contributed by atoms with E-state index in [1.165, 1.54) is 5.56 Å². The van der Waals surface area contributed by atoms with Crippen molar-refractivity contribution in [2.45, 2.75) is 31.8 Å². The van der Waals surface area contributed by atoms with Crippen molar-refractivity contribution in [2.24, 2.45) is 0 Å². The number of nitrogens with zero attached hydrogens (tertiary/aromatic N) is 1. The minimum atomic E-state index is -0.0186. The van der Waals surface area contributed by atoms with E-state index < -0.39 is 0 Å². The summed E-state index contributed by atoms with van der Waals surface area (Å²) < 4.78 is 16.6. The second-order valence-corrected chi connectivity index (χ2v) is 7.24. The van der Waals surface area contributed by atoms with E-state index in [1.54, 1.807) is 7.11 Å². The van der Waals surface area contributed by atoms with E-state index in [0.29, 0.717) is 31.5 Å². The first-order chi connectivity index (χ1) is 13.7. The number of amides is 1. The Morgan fingerprint density at radius 2 is 1.86 bits per heavy atom. The van der Waals surface area contributed by atoms with Gasteiger partial charge in [-0.25, -0.2) is 0 Å². The summed E-state index contributed by atoms with van der Waals surface area (Å²) in [5, 5.41) is 2.99. The van der Waals surface area contributed by atoms with Gasteiger partial charge < -0.3 is 19.5 Å². The van der Waals surface area contributed by atoms with Crippen LogP contribution in [-0.4, -0.2) is 43.7 Å². The Balaban J connectivity index is 1.37. The molecule has 0 spiro atoms. The van der Waals surface area contributed by atoms with E-state index in [9.17, 15) is 4.79 Å². The molecule has 2 aromatic carbocycles. The van der Waals surface area contributed by atoms with Crippen LogP contribution < -0.4 is 19.5 Å². The highest BCUT2D eigenvalue weighted by Gasteiger charge is 2.30. The monoisotopic (exact) mass is 382 g/mol. The number of anilines is 1. The molecule has 0 unspecified atom stereocenters. The molecule has 1 amide bonds. The Kier molecular flexibility index (Phi) is 5.67. The first-order valence-corrected chi connectivity index (χ1v) is 9.78. The molecule has 1 fully saturated rings. The third-order valence-electron chi connectivity index (χ3n) is 4.99. The fourth-order valence-electron chi connectivity index (χ4n) is 3.35. The van der Waals surface area contributed by atoms with Gasteiger partial charge in [-0.2, -0.15) is 0 Å². The molecule has 1 N–H and O–H groups in total. The number of carbonyl (C=O) groups is 1. The van der Waals surface area contributed by atoms with Crippen molar-refractivity contribution in [3.05, 3.63) is 48.0 Å². The summed E-state index contributed by atoms with van der Waals surface area (Å²) in [6, 6.07) is 14.0. The first kappa shape index (κ1) is 18.6. The van der Waals surface area contributed by atoms with Crippen LogP contribution in [0.5, 0.6) is 17.2 Å². The zero-order valence-electron chi connectivity index (χ0n) is 16.1. The molecule has 6 heteroatoms. The van der Waals surface area contributed by atoms with Crippen LogP contribution in [0, 0.1) is 0 Å². The highest BCUT2D eigenvalue weighted by molar-refractivity contribution is 5.92. The Labute approximate surface area is 165 Å². The van der Waals surface area contributed by atoms with E-state index in [1.807, 2.05) is 30.3 Å². The smallest absolute Gasteiger partial charge is 0.238 e. The van der Waals surface area contributed by atoms with Gasteiger partial charge in [0.05, 0.1) is 26.9 Å². The fourth-order valence-corrected chi connectivity index (χ4v) is 3.35. The Morgan fingerprint density at radius 1 is 1.11 bits per heavy atom. The average molecular weight is 382 g/mol. The molecule has 0 bridgehead atoms. The molecular formula is C22H26N2O4. The van der Waals surface area contributed by atoms with Gasteiger partial charge in [-0.05, 0) is 42.7 Å². The van der Waals surface area contributed by atoms with Crippen LogP contribution in [0.15, 0.2) is 42.5 Å². The highest BCUT2D eigenvalue weighted by Crippen LogP contribution is 2.32. The molecule has 28 heavy (non-hydrogen) atoms. The number of nitrogens with one attached hydrogen (secondary N) is 1. The second-order valence-electron chi connectivity index (χ2n) is 7.24. The van der Waals surface area contributed by atoms with E-state index >= 15 is 0 Å². The lowest BCUT2D eigenvalue weighted by atomic mass is 10.2. The van der Waals surface area contributed by atoms with Crippen molar-refractivity contribution in [3.8, 4) is 17.2 Å². The number of methoxy groups -OCH3 is 1. The third kappa shape index (κ3) is 4.75. The molecule has 148 valence electrons. The normalized spacial score (nSPS) is 15.8. The van der Waals surface area contributed by atoms with Gasteiger partial charge in [0, 0.05) is 30.8 Å². The maximum atomic E-state index is 12.6. The summed E-state index contributed by atoms with van der Waals surface area (Å²) in [6.07, 6.45) is 3.15. The summed E-state index contributed by atoms with van der Waals surface area (Å²) in [6.45, 7) is 2.40. The molecule has 0 aromatic heterocycles. The van der Waals surface area contributed by atoms with Crippen molar-refractivity contribution in [1.29, 1.82) is 0 Å². The molecule has 0 atom stereocenters. The molecule has 4 rings (SSSR count). The lowest BCUT2D eigenvalue weighted by Crippen LogP contribution is -2.34. The second kappa shape index (κ2) is 8.52. The predicted octanol–water partition coefficient (Wildman–Crippen LogP) is 3.46. The standard InChI is InChI=1S/C22H26N2O4/c1-26-19-8-3-16(4-9-19)14-24(18-6-7-18)15-22(25)23-17-5-10-20-21(13-17)28-12-2-11-27-20/h3-5,8-10,13,18H,2,6-7,11-12,14-15H2,1H3,(H,23,25). The largest absolute Gasteiger partial charge is 0.497 e. The number of rotatable bonds is 7.